The van der Waals surface area contributed by atoms with Crippen molar-refractivity contribution in [3.05, 3.63) is 29.6 Å². The average Bonchev–Trinajstić information content (AvgIpc) is 3.19. The summed E-state index contributed by atoms with van der Waals surface area (Å²) in [7, 11) is 1.51. The van der Waals surface area contributed by atoms with E-state index < -0.39 is 0 Å². The Balaban J connectivity index is 2.11. The van der Waals surface area contributed by atoms with Crippen LogP contribution in [0.3, 0.4) is 0 Å². The second kappa shape index (κ2) is 6.19. The van der Waals surface area contributed by atoms with Crippen molar-refractivity contribution in [2.75, 3.05) is 13.7 Å². The van der Waals surface area contributed by atoms with Gasteiger partial charge in [0.1, 0.15) is 0 Å². The summed E-state index contributed by atoms with van der Waals surface area (Å²) in [6.45, 7) is 3.16. The van der Waals surface area contributed by atoms with Gasteiger partial charge in [-0.3, -0.25) is 0 Å². The molecule has 2 nitrogen and oxygen atoms in total. The Bertz CT molecular complexity index is 390. The molecule has 1 N–H and O–H groups in total. The van der Waals surface area contributed by atoms with Gasteiger partial charge in [-0.1, -0.05) is 25.8 Å². The second-order valence-electron chi connectivity index (χ2n) is 5.08. The molecule has 0 saturated heterocycles. The molecule has 1 fully saturated rings. The third-order valence-electron chi connectivity index (χ3n) is 3.48. The van der Waals surface area contributed by atoms with Crippen molar-refractivity contribution in [2.45, 2.75) is 38.6 Å². The molecule has 1 aliphatic rings. The quantitative estimate of drug-likeness (QED) is 0.798. The molecular weight excluding hydrogens is 229 g/mol. The molecule has 0 heterocycles. The molecule has 1 aromatic rings. The molecule has 3 heteroatoms. The number of methoxy groups -OCH3 is 1. The smallest absolute Gasteiger partial charge is 0.165 e. The lowest BCUT2D eigenvalue weighted by Crippen LogP contribution is -2.22. The molecule has 1 atom stereocenters. The third kappa shape index (κ3) is 3.45. The summed E-state index contributed by atoms with van der Waals surface area (Å²) in [5, 5.41) is 3.55. The highest BCUT2D eigenvalue weighted by atomic mass is 19.1. The highest BCUT2D eigenvalue weighted by Gasteiger charge is 2.26. The molecule has 1 unspecified atom stereocenters. The fourth-order valence-electron chi connectivity index (χ4n) is 2.24. The zero-order valence-corrected chi connectivity index (χ0v) is 11.2. The number of halogens is 1. The Morgan fingerprint density at radius 3 is 2.83 bits per heavy atom. The van der Waals surface area contributed by atoms with Gasteiger partial charge in [0.2, 0.25) is 0 Å². The summed E-state index contributed by atoms with van der Waals surface area (Å²) < 4.78 is 18.5. The summed E-state index contributed by atoms with van der Waals surface area (Å²) in [6.07, 6.45) is 4.93. The second-order valence-corrected chi connectivity index (χ2v) is 5.08. The summed E-state index contributed by atoms with van der Waals surface area (Å²) in [5.41, 5.74) is 1.13. The van der Waals surface area contributed by atoms with E-state index in [9.17, 15) is 4.39 Å². The molecule has 0 radical (unpaired) electrons. The number of benzene rings is 1. The number of nitrogens with one attached hydrogen (secondary N) is 1. The summed E-state index contributed by atoms with van der Waals surface area (Å²) in [6, 6.07) is 5.52. The summed E-state index contributed by atoms with van der Waals surface area (Å²) in [5.74, 6) is 0.893. The average molecular weight is 251 g/mol. The summed E-state index contributed by atoms with van der Waals surface area (Å²) >= 11 is 0. The van der Waals surface area contributed by atoms with E-state index in [0.717, 1.165) is 30.9 Å². The van der Waals surface area contributed by atoms with Crippen molar-refractivity contribution < 1.29 is 9.13 Å². The van der Waals surface area contributed by atoms with Crippen LogP contribution < -0.4 is 10.1 Å². The fraction of sp³-hybridized carbons (Fsp3) is 0.600. The first-order valence-electron chi connectivity index (χ1n) is 6.81. The van der Waals surface area contributed by atoms with E-state index in [1.54, 1.807) is 0 Å². The van der Waals surface area contributed by atoms with Crippen molar-refractivity contribution in [2.24, 2.45) is 5.92 Å². The first-order chi connectivity index (χ1) is 8.74. The zero-order chi connectivity index (χ0) is 13.0. The van der Waals surface area contributed by atoms with Crippen molar-refractivity contribution in [1.82, 2.24) is 5.32 Å². The molecule has 0 aromatic heterocycles. The van der Waals surface area contributed by atoms with Gasteiger partial charge < -0.3 is 10.1 Å². The van der Waals surface area contributed by atoms with Gasteiger partial charge in [0.05, 0.1) is 7.11 Å². The van der Waals surface area contributed by atoms with Crippen LogP contribution in [0.2, 0.25) is 0 Å². The largest absolute Gasteiger partial charge is 0.494 e. The van der Waals surface area contributed by atoms with E-state index in [4.69, 9.17) is 4.74 Å². The Labute approximate surface area is 109 Å². The minimum atomic E-state index is -0.290. The monoisotopic (exact) mass is 251 g/mol. The van der Waals surface area contributed by atoms with E-state index >= 15 is 0 Å². The van der Waals surface area contributed by atoms with Gasteiger partial charge >= 0.3 is 0 Å². The van der Waals surface area contributed by atoms with E-state index in [2.05, 4.69) is 12.2 Å². The first kappa shape index (κ1) is 13.3. The van der Waals surface area contributed by atoms with Gasteiger partial charge in [-0.05, 0) is 43.0 Å². The van der Waals surface area contributed by atoms with Crippen molar-refractivity contribution in [1.29, 1.82) is 0 Å². The Hall–Kier alpha value is -1.09. The maximum Gasteiger partial charge on any atom is 0.165 e. The van der Waals surface area contributed by atoms with E-state index in [-0.39, 0.29) is 5.82 Å². The van der Waals surface area contributed by atoms with Crippen LogP contribution in [0.4, 0.5) is 4.39 Å². The molecular formula is C15H22FNO. The fourth-order valence-corrected chi connectivity index (χ4v) is 2.24. The predicted molar refractivity (Wildman–Crippen MR) is 71.3 cm³/mol. The minimum Gasteiger partial charge on any atom is -0.494 e. The molecule has 1 aromatic carbocycles. The van der Waals surface area contributed by atoms with E-state index in [0.29, 0.717) is 11.8 Å². The van der Waals surface area contributed by atoms with Crippen LogP contribution in [0.5, 0.6) is 5.75 Å². The lowest BCUT2D eigenvalue weighted by Gasteiger charge is -2.19. The number of rotatable bonds is 7. The maximum atomic E-state index is 13.4. The van der Waals surface area contributed by atoms with Crippen LogP contribution >= 0.6 is 0 Å². The maximum absolute atomic E-state index is 13.4. The van der Waals surface area contributed by atoms with Gasteiger partial charge in [-0.15, -0.1) is 0 Å². The van der Waals surface area contributed by atoms with Crippen molar-refractivity contribution in [3.8, 4) is 5.75 Å². The normalized spacial score (nSPS) is 16.6. The Morgan fingerprint density at radius 1 is 1.44 bits per heavy atom. The summed E-state index contributed by atoms with van der Waals surface area (Å²) in [4.78, 5) is 0. The van der Waals surface area contributed by atoms with Crippen LogP contribution in [0.25, 0.3) is 0 Å². The highest BCUT2D eigenvalue weighted by molar-refractivity contribution is 5.32. The van der Waals surface area contributed by atoms with E-state index in [1.165, 1.54) is 26.0 Å². The van der Waals surface area contributed by atoms with Crippen molar-refractivity contribution in [3.63, 3.8) is 0 Å². The van der Waals surface area contributed by atoms with Gasteiger partial charge in [-0.2, -0.15) is 0 Å². The molecule has 18 heavy (non-hydrogen) atoms. The predicted octanol–water partition coefficient (Wildman–Crippen LogP) is 3.68. The number of ether oxygens (including phenoxy) is 1. The lowest BCUT2D eigenvalue weighted by molar-refractivity contribution is 0.383. The van der Waals surface area contributed by atoms with Gasteiger partial charge in [0.15, 0.2) is 11.6 Å². The number of hydrogen-bond donors (Lipinski definition) is 1. The number of hydrogen-bond acceptors (Lipinski definition) is 2. The van der Waals surface area contributed by atoms with Crippen LogP contribution in [0.15, 0.2) is 18.2 Å². The molecule has 0 aliphatic heterocycles. The standard InChI is InChI=1S/C15H22FNO/c1-3-8-17-14(9-11-4-5-11)12-6-7-13(16)15(10-12)18-2/h6-7,10-11,14,17H,3-5,8-9H2,1-2H3. The molecule has 0 spiro atoms. The minimum absolute atomic E-state index is 0.290. The molecule has 0 bridgehead atoms. The van der Waals surface area contributed by atoms with Gasteiger partial charge in [0, 0.05) is 6.04 Å². The SMILES string of the molecule is CCCNC(CC1CC1)c1ccc(F)c(OC)c1. The van der Waals surface area contributed by atoms with Gasteiger partial charge in [-0.25, -0.2) is 4.39 Å². The highest BCUT2D eigenvalue weighted by Crippen LogP contribution is 2.38. The third-order valence-corrected chi connectivity index (χ3v) is 3.48. The molecule has 2 rings (SSSR count). The zero-order valence-electron chi connectivity index (χ0n) is 11.2. The van der Waals surface area contributed by atoms with Crippen molar-refractivity contribution >= 4 is 0 Å². The first-order valence-corrected chi connectivity index (χ1v) is 6.81. The van der Waals surface area contributed by atoms with Crippen LogP contribution in [-0.2, 0) is 0 Å². The molecule has 0 amide bonds. The van der Waals surface area contributed by atoms with Crippen LogP contribution in [0, 0.1) is 11.7 Å². The molecule has 1 saturated carbocycles. The van der Waals surface area contributed by atoms with Crippen LogP contribution in [-0.4, -0.2) is 13.7 Å². The lowest BCUT2D eigenvalue weighted by atomic mass is 10.0. The van der Waals surface area contributed by atoms with E-state index in [1.807, 2.05) is 12.1 Å². The Morgan fingerprint density at radius 2 is 2.22 bits per heavy atom. The Kier molecular flexibility index (Phi) is 4.59. The molecule has 100 valence electrons. The molecule has 1 aliphatic carbocycles. The van der Waals surface area contributed by atoms with Gasteiger partial charge in [0.25, 0.3) is 0 Å². The van der Waals surface area contributed by atoms with Crippen LogP contribution in [0.1, 0.15) is 44.2 Å². The topological polar surface area (TPSA) is 21.3 Å².